The molecule has 0 fully saturated rings. The highest BCUT2D eigenvalue weighted by Gasteiger charge is 2.14. The Hall–Kier alpha value is -1.94. The molecule has 0 unspecified atom stereocenters. The highest BCUT2D eigenvalue weighted by molar-refractivity contribution is 7.99. The van der Waals surface area contributed by atoms with Crippen molar-refractivity contribution in [3.63, 3.8) is 0 Å². The predicted octanol–water partition coefficient (Wildman–Crippen LogP) is 4.81. The Morgan fingerprint density at radius 3 is 2.50 bits per heavy atom. The molecule has 3 nitrogen and oxygen atoms in total. The van der Waals surface area contributed by atoms with Gasteiger partial charge in [-0.3, -0.25) is 4.79 Å². The number of hydrogen-bond acceptors (Lipinski definition) is 4. The Morgan fingerprint density at radius 2 is 1.82 bits per heavy atom. The molecule has 2 aromatic carbocycles. The van der Waals surface area contributed by atoms with Crippen molar-refractivity contribution < 1.29 is 14.3 Å². The van der Waals surface area contributed by atoms with E-state index >= 15 is 0 Å². The molecular weight excluding hydrogens is 296 g/mol. The normalized spacial score (nSPS) is 10.3. The molecule has 0 aromatic heterocycles. The van der Waals surface area contributed by atoms with E-state index in [1.807, 2.05) is 49.4 Å². The van der Waals surface area contributed by atoms with E-state index in [1.165, 1.54) is 6.92 Å². The highest BCUT2D eigenvalue weighted by Crippen LogP contribution is 2.33. The van der Waals surface area contributed by atoms with Crippen molar-refractivity contribution in [2.75, 3.05) is 12.5 Å². The van der Waals surface area contributed by atoms with Gasteiger partial charge in [0.15, 0.2) is 17.3 Å². The van der Waals surface area contributed by atoms with Crippen LogP contribution in [-0.4, -0.2) is 18.3 Å². The maximum atomic E-state index is 11.8. The van der Waals surface area contributed by atoms with Gasteiger partial charge in [0, 0.05) is 4.90 Å². The maximum Gasteiger partial charge on any atom is 0.173 e. The minimum atomic E-state index is -0.0262. The average Bonchev–Trinajstić information content (AvgIpc) is 2.54. The first-order valence-corrected chi connectivity index (χ1v) is 8.28. The summed E-state index contributed by atoms with van der Waals surface area (Å²) in [7, 11) is 0. The number of ether oxygens (including phenoxy) is 2. The lowest BCUT2D eigenvalue weighted by atomic mass is 10.1. The van der Waals surface area contributed by atoms with Crippen molar-refractivity contribution in [3.05, 3.63) is 54.1 Å². The third-order valence-electron chi connectivity index (χ3n) is 2.99. The molecule has 0 bridgehead atoms. The molecule has 0 atom stereocenters. The van der Waals surface area contributed by atoms with Gasteiger partial charge in [0.05, 0.1) is 12.2 Å². The number of Topliss-reactive ketones (excluding diaryl/α,β-unsaturated/α-hetero) is 1. The van der Waals surface area contributed by atoms with Crippen molar-refractivity contribution in [2.24, 2.45) is 0 Å². The summed E-state index contributed by atoms with van der Waals surface area (Å²) in [5.74, 6) is 1.56. The fraction of sp³-hybridized carbons (Fsp3) is 0.278. The zero-order valence-electron chi connectivity index (χ0n) is 12.9. The van der Waals surface area contributed by atoms with Crippen molar-refractivity contribution >= 4 is 17.5 Å². The lowest BCUT2D eigenvalue weighted by Crippen LogP contribution is -2.05. The van der Waals surface area contributed by atoms with Gasteiger partial charge in [-0.2, -0.15) is 0 Å². The van der Waals surface area contributed by atoms with E-state index in [2.05, 4.69) is 0 Å². The first-order chi connectivity index (χ1) is 10.7. The van der Waals surface area contributed by atoms with Crippen LogP contribution in [0.4, 0.5) is 0 Å². The van der Waals surface area contributed by atoms with E-state index in [9.17, 15) is 4.79 Å². The molecule has 0 heterocycles. The highest BCUT2D eigenvalue weighted by atomic mass is 32.2. The van der Waals surface area contributed by atoms with Gasteiger partial charge in [-0.1, -0.05) is 43.0 Å². The number of benzene rings is 2. The van der Waals surface area contributed by atoms with Crippen LogP contribution in [0.15, 0.2) is 53.4 Å². The molecule has 4 heteroatoms. The monoisotopic (exact) mass is 316 g/mol. The predicted molar refractivity (Wildman–Crippen MR) is 90.0 cm³/mol. The number of carbonyl (C=O) groups excluding carboxylic acids is 1. The van der Waals surface area contributed by atoms with Gasteiger partial charge >= 0.3 is 0 Å². The van der Waals surface area contributed by atoms with Crippen LogP contribution in [0.25, 0.3) is 0 Å². The molecule has 0 radical (unpaired) electrons. The fourth-order valence-electron chi connectivity index (χ4n) is 1.94. The van der Waals surface area contributed by atoms with E-state index in [-0.39, 0.29) is 5.78 Å². The molecule has 0 aliphatic rings. The lowest BCUT2D eigenvalue weighted by molar-refractivity contribution is 0.101. The van der Waals surface area contributed by atoms with Crippen LogP contribution in [0.1, 0.15) is 30.6 Å². The second-order valence-corrected chi connectivity index (χ2v) is 5.75. The van der Waals surface area contributed by atoms with Gasteiger partial charge < -0.3 is 9.47 Å². The topological polar surface area (TPSA) is 35.5 Å². The van der Waals surface area contributed by atoms with Crippen LogP contribution in [0.3, 0.4) is 0 Å². The Kier molecular flexibility index (Phi) is 6.34. The summed E-state index contributed by atoms with van der Waals surface area (Å²) in [5, 5.41) is 0. The number of rotatable bonds is 8. The second-order valence-electron chi connectivity index (χ2n) is 4.76. The Bertz CT molecular complexity index is 611. The molecule has 0 spiro atoms. The van der Waals surface area contributed by atoms with Gasteiger partial charge in [0.25, 0.3) is 0 Å². The molecule has 22 heavy (non-hydrogen) atoms. The zero-order valence-corrected chi connectivity index (χ0v) is 13.7. The summed E-state index contributed by atoms with van der Waals surface area (Å²) in [6, 6.07) is 15.4. The number of thioether (sulfide) groups is 1. The van der Waals surface area contributed by atoms with E-state index in [1.54, 1.807) is 17.8 Å². The smallest absolute Gasteiger partial charge is 0.173 e. The van der Waals surface area contributed by atoms with Crippen LogP contribution >= 0.6 is 11.8 Å². The Morgan fingerprint density at radius 1 is 1.05 bits per heavy atom. The van der Waals surface area contributed by atoms with Crippen LogP contribution in [-0.2, 0) is 0 Å². The molecule has 0 N–H and O–H groups in total. The molecule has 2 rings (SSSR count). The third-order valence-corrected chi connectivity index (χ3v) is 3.83. The average molecular weight is 316 g/mol. The molecule has 0 aliphatic heterocycles. The first kappa shape index (κ1) is 16.4. The minimum Gasteiger partial charge on any atom is -0.490 e. The molecule has 116 valence electrons. The van der Waals surface area contributed by atoms with Crippen molar-refractivity contribution in [1.82, 2.24) is 0 Å². The van der Waals surface area contributed by atoms with E-state index < -0.39 is 0 Å². The molecule has 0 saturated carbocycles. The maximum absolute atomic E-state index is 11.8. The van der Waals surface area contributed by atoms with Crippen LogP contribution in [0, 0.1) is 0 Å². The van der Waals surface area contributed by atoms with Gasteiger partial charge in [-0.05, 0) is 37.6 Å². The van der Waals surface area contributed by atoms with Gasteiger partial charge in [0.2, 0.25) is 0 Å². The standard InChI is InChI=1S/C18H20O3S/c1-3-12-20-17-11-7-10-16(14(2)19)18(17)21-13-22-15-8-5-4-6-9-15/h4-11H,3,12-13H2,1-2H3. The summed E-state index contributed by atoms with van der Waals surface area (Å²) < 4.78 is 11.5. The second kappa shape index (κ2) is 8.49. The lowest BCUT2D eigenvalue weighted by Gasteiger charge is -2.15. The van der Waals surface area contributed by atoms with Crippen LogP contribution < -0.4 is 9.47 Å². The molecule has 0 saturated heterocycles. The largest absolute Gasteiger partial charge is 0.490 e. The minimum absolute atomic E-state index is 0.0262. The first-order valence-electron chi connectivity index (χ1n) is 7.29. The quantitative estimate of drug-likeness (QED) is 0.398. The zero-order chi connectivity index (χ0) is 15.8. The molecular formula is C18H20O3S. The fourth-order valence-corrected chi connectivity index (χ4v) is 2.60. The van der Waals surface area contributed by atoms with Crippen LogP contribution in [0.2, 0.25) is 0 Å². The summed E-state index contributed by atoms with van der Waals surface area (Å²) in [5.41, 5.74) is 0.558. The van der Waals surface area contributed by atoms with Crippen LogP contribution in [0.5, 0.6) is 11.5 Å². The Labute approximate surface area is 135 Å². The van der Waals surface area contributed by atoms with Gasteiger partial charge in [0.1, 0.15) is 5.94 Å². The third kappa shape index (κ3) is 4.53. The summed E-state index contributed by atoms with van der Waals surface area (Å²) >= 11 is 1.58. The van der Waals surface area contributed by atoms with Gasteiger partial charge in [-0.25, -0.2) is 0 Å². The summed E-state index contributed by atoms with van der Waals surface area (Å²) in [4.78, 5) is 12.9. The molecule has 0 aliphatic carbocycles. The number of hydrogen-bond donors (Lipinski definition) is 0. The van der Waals surface area contributed by atoms with Crippen molar-refractivity contribution in [1.29, 1.82) is 0 Å². The van der Waals surface area contributed by atoms with Crippen molar-refractivity contribution in [3.8, 4) is 11.5 Å². The van der Waals surface area contributed by atoms with E-state index in [4.69, 9.17) is 9.47 Å². The van der Waals surface area contributed by atoms with Gasteiger partial charge in [-0.15, -0.1) is 0 Å². The van der Waals surface area contributed by atoms with E-state index in [0.29, 0.717) is 29.6 Å². The Balaban J connectivity index is 2.11. The molecule has 2 aromatic rings. The SMILES string of the molecule is CCCOc1cccc(C(C)=O)c1OCSc1ccccc1. The number of ketones is 1. The van der Waals surface area contributed by atoms with E-state index in [0.717, 1.165) is 11.3 Å². The summed E-state index contributed by atoms with van der Waals surface area (Å²) in [6.07, 6.45) is 0.905. The number of para-hydroxylation sites is 1. The summed E-state index contributed by atoms with van der Waals surface area (Å²) in [6.45, 7) is 4.18. The number of carbonyl (C=O) groups is 1. The van der Waals surface area contributed by atoms with Crippen molar-refractivity contribution in [2.45, 2.75) is 25.2 Å². The molecule has 0 amide bonds.